The van der Waals surface area contributed by atoms with E-state index in [9.17, 15) is 0 Å². The number of hydrogen-bond donors (Lipinski definition) is 1. The molecule has 2 heterocycles. The zero-order chi connectivity index (χ0) is 15.1. The number of halogens is 1. The van der Waals surface area contributed by atoms with Gasteiger partial charge in [-0.3, -0.25) is 0 Å². The topological polar surface area (TPSA) is 69.6 Å². The highest BCUT2D eigenvalue weighted by molar-refractivity contribution is 14.1. The number of nitrogen functional groups attached to an aromatic ring is 1. The van der Waals surface area contributed by atoms with Crippen LogP contribution in [0.1, 0.15) is 38.0 Å². The number of nitrogens with two attached hydrogens (primary N) is 1. The van der Waals surface area contributed by atoms with Gasteiger partial charge < -0.3 is 5.73 Å². The lowest BCUT2D eigenvalue weighted by molar-refractivity contribution is 0.404. The quantitative estimate of drug-likeness (QED) is 0.807. The summed E-state index contributed by atoms with van der Waals surface area (Å²) >= 11 is 2.26. The van der Waals surface area contributed by atoms with Crippen LogP contribution < -0.4 is 5.73 Å². The molecule has 2 N–H and O–H groups in total. The van der Waals surface area contributed by atoms with Crippen LogP contribution in [0.5, 0.6) is 0 Å². The predicted molar refractivity (Wildman–Crippen MR) is 88.9 cm³/mol. The Morgan fingerprint density at radius 1 is 1.25 bits per heavy atom. The summed E-state index contributed by atoms with van der Waals surface area (Å²) in [5.74, 6) is 2.09. The zero-order valence-electron chi connectivity index (χ0n) is 12.5. The van der Waals surface area contributed by atoms with Gasteiger partial charge in [0.15, 0.2) is 5.82 Å². The predicted octanol–water partition coefficient (Wildman–Crippen LogP) is 3.05. The number of aryl methyl sites for hydroxylation is 2. The molecule has 0 aliphatic rings. The van der Waals surface area contributed by atoms with E-state index in [1.807, 2.05) is 19.9 Å². The molecule has 6 heteroatoms. The molecule has 0 aliphatic carbocycles. The van der Waals surface area contributed by atoms with Crippen molar-refractivity contribution in [2.75, 3.05) is 5.73 Å². The van der Waals surface area contributed by atoms with Gasteiger partial charge in [0.25, 0.3) is 0 Å². The van der Waals surface area contributed by atoms with Crippen molar-refractivity contribution in [1.82, 2.24) is 19.7 Å². The minimum absolute atomic E-state index is 0.170. The van der Waals surface area contributed by atoms with Crippen LogP contribution in [0, 0.1) is 22.8 Å². The summed E-state index contributed by atoms with van der Waals surface area (Å²) in [6.07, 6.45) is 0.880. The standard InChI is InChI=1S/C14H20IN5/c1-8-6-11(18-9(2)17-8)20-13(16)12(15)10(19-20)7-14(3,4)5/h6H,7,16H2,1-5H3. The summed E-state index contributed by atoms with van der Waals surface area (Å²) in [5, 5.41) is 4.64. The molecule has 0 aliphatic heterocycles. The first-order valence-electron chi connectivity index (χ1n) is 6.53. The van der Waals surface area contributed by atoms with Gasteiger partial charge in [-0.25, -0.2) is 9.97 Å². The third-order valence-electron chi connectivity index (χ3n) is 2.79. The lowest BCUT2D eigenvalue weighted by Crippen LogP contribution is -2.11. The number of hydrogen-bond acceptors (Lipinski definition) is 4. The SMILES string of the molecule is Cc1cc(-n2nc(CC(C)(C)C)c(I)c2N)nc(C)n1. The Bertz CT molecular complexity index is 619. The van der Waals surface area contributed by atoms with E-state index in [0.717, 1.165) is 33.0 Å². The van der Waals surface area contributed by atoms with Crippen molar-refractivity contribution in [2.45, 2.75) is 41.0 Å². The summed E-state index contributed by atoms with van der Waals surface area (Å²) in [6.45, 7) is 10.4. The fourth-order valence-corrected chi connectivity index (χ4v) is 2.58. The molecule has 0 bridgehead atoms. The molecule has 0 spiro atoms. The van der Waals surface area contributed by atoms with Gasteiger partial charge in [-0.1, -0.05) is 20.8 Å². The molecule has 20 heavy (non-hydrogen) atoms. The molecular weight excluding hydrogens is 365 g/mol. The summed E-state index contributed by atoms with van der Waals surface area (Å²) in [6, 6.07) is 1.90. The third-order valence-corrected chi connectivity index (χ3v) is 3.97. The van der Waals surface area contributed by atoms with Crippen molar-refractivity contribution in [1.29, 1.82) is 0 Å². The molecule has 0 fully saturated rings. The molecule has 0 saturated heterocycles. The van der Waals surface area contributed by atoms with Crippen LogP contribution >= 0.6 is 22.6 Å². The van der Waals surface area contributed by atoms with Crippen LogP contribution in [-0.2, 0) is 6.42 Å². The Kier molecular flexibility index (Phi) is 4.04. The first-order chi connectivity index (χ1) is 9.17. The van der Waals surface area contributed by atoms with Crippen LogP contribution in [0.15, 0.2) is 6.07 Å². The Balaban J connectivity index is 2.50. The Morgan fingerprint density at radius 2 is 1.90 bits per heavy atom. The molecule has 108 valence electrons. The van der Waals surface area contributed by atoms with Gasteiger partial charge in [0.05, 0.1) is 9.26 Å². The molecule has 0 saturated carbocycles. The van der Waals surface area contributed by atoms with E-state index in [0.29, 0.717) is 5.82 Å². The van der Waals surface area contributed by atoms with Gasteiger partial charge in [0.1, 0.15) is 11.6 Å². The molecule has 2 aromatic rings. The smallest absolute Gasteiger partial charge is 0.159 e. The van der Waals surface area contributed by atoms with Crippen molar-refractivity contribution in [3.05, 3.63) is 26.8 Å². The van der Waals surface area contributed by atoms with Crippen molar-refractivity contribution < 1.29 is 0 Å². The van der Waals surface area contributed by atoms with E-state index >= 15 is 0 Å². The van der Waals surface area contributed by atoms with Crippen LogP contribution in [0.25, 0.3) is 5.82 Å². The van der Waals surface area contributed by atoms with Gasteiger partial charge in [0.2, 0.25) is 0 Å². The van der Waals surface area contributed by atoms with Crippen molar-refractivity contribution >= 4 is 28.4 Å². The number of nitrogens with zero attached hydrogens (tertiary/aromatic N) is 4. The zero-order valence-corrected chi connectivity index (χ0v) is 14.7. The Morgan fingerprint density at radius 3 is 2.45 bits per heavy atom. The number of rotatable bonds is 2. The van der Waals surface area contributed by atoms with Gasteiger partial charge >= 0.3 is 0 Å². The summed E-state index contributed by atoms with van der Waals surface area (Å²) in [5.41, 5.74) is 8.29. The van der Waals surface area contributed by atoms with Crippen LogP contribution in [0.3, 0.4) is 0 Å². The summed E-state index contributed by atoms with van der Waals surface area (Å²) in [4.78, 5) is 8.71. The molecule has 2 rings (SSSR count). The van der Waals surface area contributed by atoms with E-state index in [4.69, 9.17) is 5.73 Å². The van der Waals surface area contributed by atoms with E-state index < -0.39 is 0 Å². The monoisotopic (exact) mass is 385 g/mol. The molecule has 5 nitrogen and oxygen atoms in total. The highest BCUT2D eigenvalue weighted by Gasteiger charge is 2.20. The van der Waals surface area contributed by atoms with Crippen molar-refractivity contribution in [2.24, 2.45) is 5.41 Å². The lowest BCUT2D eigenvalue weighted by atomic mass is 9.91. The molecule has 0 aromatic carbocycles. The highest BCUT2D eigenvalue weighted by Crippen LogP contribution is 2.28. The first-order valence-corrected chi connectivity index (χ1v) is 7.61. The molecule has 0 amide bonds. The minimum atomic E-state index is 0.170. The summed E-state index contributed by atoms with van der Waals surface area (Å²) < 4.78 is 2.72. The molecule has 0 unspecified atom stereocenters. The third kappa shape index (κ3) is 3.28. The van der Waals surface area contributed by atoms with Gasteiger partial charge in [-0.15, -0.1) is 0 Å². The maximum atomic E-state index is 6.19. The largest absolute Gasteiger partial charge is 0.383 e. The highest BCUT2D eigenvalue weighted by atomic mass is 127. The van der Waals surface area contributed by atoms with Crippen LogP contribution in [-0.4, -0.2) is 19.7 Å². The Labute approximate surface area is 133 Å². The lowest BCUT2D eigenvalue weighted by Gasteiger charge is -2.16. The minimum Gasteiger partial charge on any atom is -0.383 e. The van der Waals surface area contributed by atoms with E-state index in [1.165, 1.54) is 0 Å². The fourth-order valence-electron chi connectivity index (χ4n) is 2.06. The van der Waals surface area contributed by atoms with Crippen molar-refractivity contribution in [3.8, 4) is 5.82 Å². The van der Waals surface area contributed by atoms with Gasteiger partial charge in [0, 0.05) is 11.8 Å². The summed E-state index contributed by atoms with van der Waals surface area (Å²) in [7, 11) is 0. The fraction of sp³-hybridized carbons (Fsp3) is 0.500. The number of aromatic nitrogens is 4. The van der Waals surface area contributed by atoms with Gasteiger partial charge in [-0.2, -0.15) is 9.78 Å². The average Bonchev–Trinajstić information content (AvgIpc) is 2.54. The second-order valence-corrected chi connectivity index (χ2v) is 7.29. The van der Waals surface area contributed by atoms with Crippen LogP contribution in [0.2, 0.25) is 0 Å². The van der Waals surface area contributed by atoms with E-state index in [-0.39, 0.29) is 5.41 Å². The second kappa shape index (κ2) is 5.31. The first kappa shape index (κ1) is 15.2. The molecule has 2 aromatic heterocycles. The molecule has 0 atom stereocenters. The van der Waals surface area contributed by atoms with Gasteiger partial charge in [-0.05, 0) is 48.3 Å². The Hall–Kier alpha value is -1.18. The molecular formula is C14H20IN5. The van der Waals surface area contributed by atoms with Crippen LogP contribution in [0.4, 0.5) is 5.82 Å². The van der Waals surface area contributed by atoms with E-state index in [2.05, 4.69) is 58.4 Å². The van der Waals surface area contributed by atoms with E-state index in [1.54, 1.807) is 4.68 Å². The number of anilines is 1. The average molecular weight is 385 g/mol. The normalized spacial score (nSPS) is 11.9. The van der Waals surface area contributed by atoms with Crippen molar-refractivity contribution in [3.63, 3.8) is 0 Å². The second-order valence-electron chi connectivity index (χ2n) is 6.21. The maximum Gasteiger partial charge on any atom is 0.159 e. The molecule has 0 radical (unpaired) electrons. The maximum absolute atomic E-state index is 6.19.